The van der Waals surface area contributed by atoms with Gasteiger partial charge in [0.15, 0.2) is 0 Å². The predicted octanol–water partition coefficient (Wildman–Crippen LogP) is 4.39. The number of nitro groups is 1. The number of likely N-dealkylation sites (N-methyl/N-ethyl adjacent to an activating group) is 1. The van der Waals surface area contributed by atoms with Crippen LogP contribution in [0.15, 0.2) is 60.3 Å². The average Bonchev–Trinajstić information content (AvgIpc) is 3.00. The van der Waals surface area contributed by atoms with Gasteiger partial charge >= 0.3 is 0 Å². The number of carbonyl (C=O) groups excluding carboxylic acids is 2. The number of amides is 2. The van der Waals surface area contributed by atoms with Gasteiger partial charge in [-0.05, 0) is 43.2 Å². The van der Waals surface area contributed by atoms with Gasteiger partial charge in [-0.1, -0.05) is 38.0 Å². The second kappa shape index (κ2) is 9.35. The lowest BCUT2D eigenvalue weighted by Crippen LogP contribution is -2.36. The Morgan fingerprint density at radius 3 is 2.17 bits per heavy atom. The van der Waals surface area contributed by atoms with Gasteiger partial charge in [-0.25, -0.2) is 0 Å². The first-order valence-electron chi connectivity index (χ1n) is 10.2. The number of benzene rings is 2. The molecule has 0 aliphatic carbocycles. The molecule has 0 unspecified atom stereocenters. The summed E-state index contributed by atoms with van der Waals surface area (Å²) < 4.78 is 0. The van der Waals surface area contributed by atoms with Crippen LogP contribution in [0.3, 0.4) is 0 Å². The van der Waals surface area contributed by atoms with Crippen molar-refractivity contribution in [1.82, 2.24) is 4.90 Å². The van der Waals surface area contributed by atoms with Crippen LogP contribution in [0, 0.1) is 10.1 Å². The maximum absolute atomic E-state index is 13.3. The van der Waals surface area contributed by atoms with E-state index in [9.17, 15) is 19.7 Å². The van der Waals surface area contributed by atoms with Crippen molar-refractivity contribution in [3.8, 4) is 0 Å². The van der Waals surface area contributed by atoms with Gasteiger partial charge in [0, 0.05) is 30.9 Å². The van der Waals surface area contributed by atoms with Gasteiger partial charge in [0.25, 0.3) is 17.5 Å². The van der Waals surface area contributed by atoms with Gasteiger partial charge < -0.3 is 4.90 Å². The summed E-state index contributed by atoms with van der Waals surface area (Å²) in [6.45, 7) is 4.84. The molecule has 7 heteroatoms. The van der Waals surface area contributed by atoms with Gasteiger partial charge in [-0.15, -0.1) is 0 Å². The topological polar surface area (TPSA) is 83.8 Å². The molecule has 0 saturated carbocycles. The van der Waals surface area contributed by atoms with Gasteiger partial charge in [0.05, 0.1) is 10.5 Å². The van der Waals surface area contributed by atoms with E-state index in [1.54, 1.807) is 0 Å². The Hall–Kier alpha value is -3.48. The highest BCUT2D eigenvalue weighted by Crippen LogP contribution is 2.34. The van der Waals surface area contributed by atoms with Crippen LogP contribution in [0.4, 0.5) is 11.4 Å². The van der Waals surface area contributed by atoms with Gasteiger partial charge in [-0.3, -0.25) is 24.6 Å². The molecule has 0 radical (unpaired) electrons. The van der Waals surface area contributed by atoms with Gasteiger partial charge in [0.2, 0.25) is 0 Å². The van der Waals surface area contributed by atoms with E-state index in [0.717, 1.165) is 24.9 Å². The highest BCUT2D eigenvalue weighted by atomic mass is 16.6. The van der Waals surface area contributed by atoms with Crippen molar-refractivity contribution < 1.29 is 14.5 Å². The molecule has 0 fully saturated rings. The fourth-order valence-corrected chi connectivity index (χ4v) is 3.62. The summed E-state index contributed by atoms with van der Waals surface area (Å²) in [5.41, 5.74) is 1.86. The van der Waals surface area contributed by atoms with Crippen molar-refractivity contribution in [2.45, 2.75) is 33.1 Å². The van der Waals surface area contributed by atoms with Crippen molar-refractivity contribution >= 4 is 28.8 Å². The molecular formula is C23H25N3O4. The molecule has 1 heterocycles. The van der Waals surface area contributed by atoms with Crippen LogP contribution >= 0.6 is 0 Å². The Kier molecular flexibility index (Phi) is 6.61. The van der Waals surface area contributed by atoms with Crippen LogP contribution in [0.1, 0.15) is 38.7 Å². The van der Waals surface area contributed by atoms with Crippen molar-refractivity contribution in [2.24, 2.45) is 0 Å². The SMILES string of the molecule is CCCCCN1C(=O)C(c2ccc([N+](=O)[O-])cc2)=C(N(CC)c2ccccc2)C1=O. The van der Waals surface area contributed by atoms with Crippen LogP contribution in [0.25, 0.3) is 5.57 Å². The second-order valence-electron chi connectivity index (χ2n) is 7.08. The average molecular weight is 407 g/mol. The third kappa shape index (κ3) is 4.10. The molecule has 1 aliphatic rings. The zero-order chi connectivity index (χ0) is 21.7. The van der Waals surface area contributed by atoms with E-state index in [2.05, 4.69) is 6.92 Å². The van der Waals surface area contributed by atoms with E-state index in [0.29, 0.717) is 24.4 Å². The molecule has 0 spiro atoms. The molecule has 30 heavy (non-hydrogen) atoms. The van der Waals surface area contributed by atoms with E-state index in [1.165, 1.54) is 29.2 Å². The van der Waals surface area contributed by atoms with E-state index in [-0.39, 0.29) is 23.1 Å². The third-order valence-electron chi connectivity index (χ3n) is 5.15. The van der Waals surface area contributed by atoms with Gasteiger partial charge in [-0.2, -0.15) is 0 Å². The standard InChI is InChI=1S/C23H25N3O4/c1-3-5-9-16-25-22(27)20(17-12-14-19(15-13-17)26(29)30)21(23(25)28)24(4-2)18-10-7-6-8-11-18/h6-8,10-15H,3-5,9,16H2,1-2H3. The Bertz CT molecular complexity index is 968. The van der Waals surface area contributed by atoms with Crippen LogP contribution < -0.4 is 4.90 Å². The Labute approximate surface area is 175 Å². The van der Waals surface area contributed by atoms with Crippen LogP contribution in [-0.2, 0) is 9.59 Å². The summed E-state index contributed by atoms with van der Waals surface area (Å²) in [6.07, 6.45) is 2.65. The Morgan fingerprint density at radius 2 is 1.60 bits per heavy atom. The minimum absolute atomic E-state index is 0.0621. The zero-order valence-electron chi connectivity index (χ0n) is 17.2. The van der Waals surface area contributed by atoms with E-state index < -0.39 is 4.92 Å². The molecule has 0 N–H and O–H groups in total. The molecule has 0 saturated heterocycles. The van der Waals surface area contributed by atoms with Crippen LogP contribution in [0.5, 0.6) is 0 Å². The lowest BCUT2D eigenvalue weighted by molar-refractivity contribution is -0.384. The monoisotopic (exact) mass is 407 g/mol. The summed E-state index contributed by atoms with van der Waals surface area (Å²) in [6, 6.07) is 15.2. The molecule has 0 aromatic heterocycles. The fourth-order valence-electron chi connectivity index (χ4n) is 3.62. The molecule has 0 atom stereocenters. The maximum atomic E-state index is 13.3. The minimum Gasteiger partial charge on any atom is -0.337 e. The number of anilines is 1. The number of rotatable bonds is 9. The number of hydrogen-bond acceptors (Lipinski definition) is 5. The van der Waals surface area contributed by atoms with Crippen molar-refractivity contribution in [1.29, 1.82) is 0 Å². The number of nitro benzene ring substituents is 1. The first-order chi connectivity index (χ1) is 14.5. The number of unbranched alkanes of at least 4 members (excludes halogenated alkanes) is 2. The van der Waals surface area contributed by atoms with Crippen LogP contribution in [0.2, 0.25) is 0 Å². The van der Waals surface area contributed by atoms with E-state index in [4.69, 9.17) is 0 Å². The lowest BCUT2D eigenvalue weighted by Gasteiger charge is -2.25. The van der Waals surface area contributed by atoms with E-state index in [1.807, 2.05) is 42.2 Å². The largest absolute Gasteiger partial charge is 0.337 e. The molecule has 2 aromatic rings. The fraction of sp³-hybridized carbons (Fsp3) is 0.304. The highest BCUT2D eigenvalue weighted by Gasteiger charge is 2.41. The quantitative estimate of drug-likeness (QED) is 0.266. The van der Waals surface area contributed by atoms with Crippen molar-refractivity contribution in [3.05, 3.63) is 76.0 Å². The Balaban J connectivity index is 2.09. The Morgan fingerprint density at radius 1 is 0.933 bits per heavy atom. The smallest absolute Gasteiger partial charge is 0.278 e. The summed E-state index contributed by atoms with van der Waals surface area (Å²) in [4.78, 5) is 40.3. The molecular weight excluding hydrogens is 382 g/mol. The molecule has 2 aromatic carbocycles. The number of hydrogen-bond donors (Lipinski definition) is 0. The number of nitrogens with zero attached hydrogens (tertiary/aromatic N) is 3. The summed E-state index contributed by atoms with van der Waals surface area (Å²) in [5, 5.41) is 11.0. The maximum Gasteiger partial charge on any atom is 0.278 e. The van der Waals surface area contributed by atoms with Crippen molar-refractivity contribution in [2.75, 3.05) is 18.0 Å². The van der Waals surface area contributed by atoms with E-state index >= 15 is 0 Å². The second-order valence-corrected chi connectivity index (χ2v) is 7.08. The summed E-state index contributed by atoms with van der Waals surface area (Å²) in [5.74, 6) is -0.676. The van der Waals surface area contributed by atoms with Gasteiger partial charge in [0.1, 0.15) is 5.70 Å². The summed E-state index contributed by atoms with van der Waals surface area (Å²) >= 11 is 0. The number of imide groups is 1. The minimum atomic E-state index is -0.486. The molecule has 1 aliphatic heterocycles. The number of carbonyl (C=O) groups is 2. The first kappa shape index (κ1) is 21.2. The molecule has 0 bridgehead atoms. The number of para-hydroxylation sites is 1. The molecule has 2 amide bonds. The predicted molar refractivity (Wildman–Crippen MR) is 116 cm³/mol. The first-order valence-corrected chi connectivity index (χ1v) is 10.2. The third-order valence-corrected chi connectivity index (χ3v) is 5.15. The molecule has 156 valence electrons. The number of non-ortho nitro benzene ring substituents is 1. The summed E-state index contributed by atoms with van der Waals surface area (Å²) in [7, 11) is 0. The lowest BCUT2D eigenvalue weighted by atomic mass is 10.0. The highest BCUT2D eigenvalue weighted by molar-refractivity contribution is 6.36. The molecule has 7 nitrogen and oxygen atoms in total. The molecule has 3 rings (SSSR count). The van der Waals surface area contributed by atoms with Crippen LogP contribution in [-0.4, -0.2) is 34.7 Å². The zero-order valence-corrected chi connectivity index (χ0v) is 17.2. The van der Waals surface area contributed by atoms with Crippen molar-refractivity contribution in [3.63, 3.8) is 0 Å². The normalized spacial score (nSPS) is 13.9.